The number of benzene rings is 1. The van der Waals surface area contributed by atoms with E-state index >= 15 is 0 Å². The van der Waals surface area contributed by atoms with E-state index in [1.165, 1.54) is 17.8 Å². The summed E-state index contributed by atoms with van der Waals surface area (Å²) < 4.78 is 0. The van der Waals surface area contributed by atoms with E-state index in [9.17, 15) is 9.59 Å². The smallest absolute Gasteiger partial charge is 0.356 e. The van der Waals surface area contributed by atoms with Crippen LogP contribution in [0.25, 0.3) is 0 Å². The van der Waals surface area contributed by atoms with Crippen LogP contribution in [0.15, 0.2) is 42.6 Å². The molecule has 0 aliphatic rings. The lowest BCUT2D eigenvalue weighted by molar-refractivity contribution is 0.0692. The number of hydrogen-bond donors (Lipinski definition) is 3. The Kier molecular flexibility index (Phi) is 4.50. The van der Waals surface area contributed by atoms with Crippen LogP contribution in [0.1, 0.15) is 23.0 Å². The van der Waals surface area contributed by atoms with Crippen molar-refractivity contribution >= 4 is 23.4 Å². The molecule has 3 N–H and O–H groups in total. The second kappa shape index (κ2) is 6.51. The zero-order chi connectivity index (χ0) is 15.2. The predicted molar refractivity (Wildman–Crippen MR) is 79.7 cm³/mol. The van der Waals surface area contributed by atoms with Gasteiger partial charge in [0.05, 0.1) is 5.69 Å². The van der Waals surface area contributed by atoms with Crippen molar-refractivity contribution in [2.75, 3.05) is 10.6 Å². The molecule has 2 aromatic rings. The van der Waals surface area contributed by atoms with E-state index in [1.807, 2.05) is 19.1 Å². The van der Waals surface area contributed by atoms with Gasteiger partial charge in [0.25, 0.3) is 0 Å². The molecule has 0 unspecified atom stereocenters. The number of pyridine rings is 1. The van der Waals surface area contributed by atoms with Crippen molar-refractivity contribution in [2.24, 2.45) is 0 Å². The summed E-state index contributed by atoms with van der Waals surface area (Å²) in [4.78, 5) is 26.6. The van der Waals surface area contributed by atoms with Gasteiger partial charge in [-0.1, -0.05) is 19.1 Å². The highest BCUT2D eigenvalue weighted by atomic mass is 16.4. The Bertz CT molecular complexity index is 653. The Labute approximate surface area is 121 Å². The number of nitrogens with one attached hydrogen (secondary N) is 2. The van der Waals surface area contributed by atoms with Crippen molar-refractivity contribution in [1.82, 2.24) is 4.98 Å². The molecule has 108 valence electrons. The lowest BCUT2D eigenvalue weighted by Gasteiger charge is -2.09. The third kappa shape index (κ3) is 3.79. The van der Waals surface area contributed by atoms with Gasteiger partial charge in [-0.2, -0.15) is 0 Å². The number of urea groups is 1. The number of amides is 2. The molecule has 0 atom stereocenters. The molecule has 2 rings (SSSR count). The number of aromatic carboxylic acids is 1. The molecule has 6 nitrogen and oxygen atoms in total. The zero-order valence-corrected chi connectivity index (χ0v) is 11.5. The molecule has 0 radical (unpaired) electrons. The second-order valence-corrected chi connectivity index (χ2v) is 4.33. The Balaban J connectivity index is 2.06. The van der Waals surface area contributed by atoms with Crippen LogP contribution in [-0.4, -0.2) is 22.1 Å². The first-order valence-corrected chi connectivity index (χ1v) is 6.45. The van der Waals surface area contributed by atoms with Gasteiger partial charge in [0.1, 0.15) is 0 Å². The molecule has 1 aromatic carbocycles. The number of hydrogen-bond acceptors (Lipinski definition) is 3. The highest BCUT2D eigenvalue weighted by molar-refractivity contribution is 6.03. The lowest BCUT2D eigenvalue weighted by Crippen LogP contribution is -2.21. The molecule has 0 aliphatic heterocycles. The molecule has 2 amide bonds. The lowest BCUT2D eigenvalue weighted by atomic mass is 10.1. The third-order valence-electron chi connectivity index (χ3n) is 2.88. The average molecular weight is 285 g/mol. The third-order valence-corrected chi connectivity index (χ3v) is 2.88. The summed E-state index contributed by atoms with van der Waals surface area (Å²) in [6, 6.07) is 9.94. The van der Waals surface area contributed by atoms with Gasteiger partial charge in [-0.05, 0) is 36.2 Å². The van der Waals surface area contributed by atoms with E-state index in [2.05, 4.69) is 15.6 Å². The van der Waals surface area contributed by atoms with Crippen molar-refractivity contribution < 1.29 is 14.7 Å². The molecule has 1 heterocycles. The summed E-state index contributed by atoms with van der Waals surface area (Å²) in [7, 11) is 0. The van der Waals surface area contributed by atoms with Gasteiger partial charge in [-0.15, -0.1) is 0 Å². The summed E-state index contributed by atoms with van der Waals surface area (Å²) in [6.45, 7) is 2.05. The first-order chi connectivity index (χ1) is 10.1. The van der Waals surface area contributed by atoms with E-state index in [-0.39, 0.29) is 11.4 Å². The van der Waals surface area contributed by atoms with Gasteiger partial charge in [0.2, 0.25) is 0 Å². The van der Waals surface area contributed by atoms with Gasteiger partial charge >= 0.3 is 12.0 Å². The Morgan fingerprint density at radius 1 is 1.14 bits per heavy atom. The summed E-state index contributed by atoms with van der Waals surface area (Å²) in [6.07, 6.45) is 2.28. The van der Waals surface area contributed by atoms with E-state index in [1.54, 1.807) is 18.2 Å². The molecule has 21 heavy (non-hydrogen) atoms. The van der Waals surface area contributed by atoms with Crippen LogP contribution in [0.5, 0.6) is 0 Å². The first-order valence-electron chi connectivity index (χ1n) is 6.45. The van der Waals surface area contributed by atoms with E-state index < -0.39 is 12.0 Å². The SMILES string of the molecule is CCc1ccc(NC(=O)Nc2cccnc2C(=O)O)cc1. The number of carboxylic acids is 1. The van der Waals surface area contributed by atoms with Crippen molar-refractivity contribution in [1.29, 1.82) is 0 Å². The van der Waals surface area contributed by atoms with Gasteiger partial charge < -0.3 is 15.7 Å². The summed E-state index contributed by atoms with van der Waals surface area (Å²) >= 11 is 0. The van der Waals surface area contributed by atoms with Crippen molar-refractivity contribution in [3.05, 3.63) is 53.9 Å². The van der Waals surface area contributed by atoms with Crippen LogP contribution in [0, 0.1) is 0 Å². The second-order valence-electron chi connectivity index (χ2n) is 4.33. The van der Waals surface area contributed by atoms with Crippen molar-refractivity contribution in [2.45, 2.75) is 13.3 Å². The molecule has 0 spiro atoms. The first kappa shape index (κ1) is 14.5. The molecule has 0 fully saturated rings. The maximum atomic E-state index is 11.9. The fourth-order valence-electron chi connectivity index (χ4n) is 1.79. The number of nitrogens with zero attached hydrogens (tertiary/aromatic N) is 1. The Hall–Kier alpha value is -2.89. The number of rotatable bonds is 4. The van der Waals surface area contributed by atoms with E-state index in [4.69, 9.17) is 5.11 Å². The standard InChI is InChI=1S/C15H15N3O3/c1-2-10-5-7-11(8-6-10)17-15(21)18-12-4-3-9-16-13(12)14(19)20/h3-9H,2H2,1H3,(H,19,20)(H2,17,18,21). The molecular formula is C15H15N3O3. The van der Waals surface area contributed by atoms with Gasteiger partial charge in [0, 0.05) is 11.9 Å². The zero-order valence-electron chi connectivity index (χ0n) is 11.5. The minimum absolute atomic E-state index is 0.146. The summed E-state index contributed by atoms with van der Waals surface area (Å²) in [5.41, 5.74) is 1.74. The molecule has 6 heteroatoms. The highest BCUT2D eigenvalue weighted by Crippen LogP contribution is 2.14. The number of carbonyl (C=O) groups excluding carboxylic acids is 1. The quantitative estimate of drug-likeness (QED) is 0.805. The van der Waals surface area contributed by atoms with E-state index in [0.717, 1.165) is 6.42 Å². The van der Waals surface area contributed by atoms with E-state index in [0.29, 0.717) is 5.69 Å². The Morgan fingerprint density at radius 2 is 1.86 bits per heavy atom. The summed E-state index contributed by atoms with van der Waals surface area (Å²) in [5.74, 6) is -1.20. The van der Waals surface area contributed by atoms with Crippen LogP contribution in [0.4, 0.5) is 16.2 Å². The highest BCUT2D eigenvalue weighted by Gasteiger charge is 2.13. The normalized spacial score (nSPS) is 9.95. The number of carboxylic acid groups (broad SMARTS) is 1. The minimum Gasteiger partial charge on any atom is -0.476 e. The van der Waals surface area contributed by atoms with Gasteiger partial charge in [-0.25, -0.2) is 14.6 Å². The van der Waals surface area contributed by atoms with Crippen LogP contribution < -0.4 is 10.6 Å². The van der Waals surface area contributed by atoms with Gasteiger partial charge in [0.15, 0.2) is 5.69 Å². The van der Waals surface area contributed by atoms with Crippen LogP contribution >= 0.6 is 0 Å². The van der Waals surface area contributed by atoms with Crippen LogP contribution in [-0.2, 0) is 6.42 Å². The molecule has 0 bridgehead atoms. The molecule has 0 saturated carbocycles. The topological polar surface area (TPSA) is 91.3 Å². The van der Waals surface area contributed by atoms with Crippen molar-refractivity contribution in [3.63, 3.8) is 0 Å². The molecule has 0 saturated heterocycles. The Morgan fingerprint density at radius 3 is 2.48 bits per heavy atom. The number of aryl methyl sites for hydroxylation is 1. The van der Waals surface area contributed by atoms with Crippen molar-refractivity contribution in [3.8, 4) is 0 Å². The van der Waals surface area contributed by atoms with Gasteiger partial charge in [-0.3, -0.25) is 0 Å². The fourth-order valence-corrected chi connectivity index (χ4v) is 1.79. The molecule has 1 aromatic heterocycles. The molecular weight excluding hydrogens is 270 g/mol. The summed E-state index contributed by atoms with van der Waals surface area (Å²) in [5, 5.41) is 14.1. The molecule has 0 aliphatic carbocycles. The maximum Gasteiger partial charge on any atom is 0.356 e. The fraction of sp³-hybridized carbons (Fsp3) is 0.133. The maximum absolute atomic E-state index is 11.9. The number of carbonyl (C=O) groups is 2. The van der Waals surface area contributed by atoms with Crippen LogP contribution in [0.2, 0.25) is 0 Å². The largest absolute Gasteiger partial charge is 0.476 e. The monoisotopic (exact) mass is 285 g/mol. The minimum atomic E-state index is -1.20. The predicted octanol–water partition coefficient (Wildman–Crippen LogP) is 2.99. The van der Waals surface area contributed by atoms with Crippen LogP contribution in [0.3, 0.4) is 0 Å². The number of aromatic nitrogens is 1. The average Bonchev–Trinajstić information content (AvgIpc) is 2.48. The number of anilines is 2.